The number of hydrogen-bond donors (Lipinski definition) is 2. The van der Waals surface area contributed by atoms with Crippen LogP contribution in [0, 0.1) is 0 Å². The predicted octanol–water partition coefficient (Wildman–Crippen LogP) is 3.99. The predicted molar refractivity (Wildman–Crippen MR) is 78.2 cm³/mol. The van der Waals surface area contributed by atoms with Crippen LogP contribution in [0.25, 0.3) is 0 Å². The van der Waals surface area contributed by atoms with E-state index in [1.807, 2.05) is 12.1 Å². The second-order valence-electron chi connectivity index (χ2n) is 3.69. The van der Waals surface area contributed by atoms with Crippen LogP contribution < -0.4 is 10.5 Å². The second-order valence-corrected chi connectivity index (χ2v) is 5.04. The van der Waals surface area contributed by atoms with Crippen molar-refractivity contribution in [2.75, 3.05) is 0 Å². The number of amidine groups is 1. The largest absolute Gasteiger partial charge is 0.457 e. The number of rotatable bonds is 3. The Morgan fingerprint density at radius 1 is 1.26 bits per heavy atom. The number of benzene rings is 2. The van der Waals surface area contributed by atoms with E-state index in [0.29, 0.717) is 22.1 Å². The molecule has 0 aliphatic carbocycles. The fraction of sp³-hybridized carbons (Fsp3) is 0. The Hall–Kier alpha value is -1.72. The van der Waals surface area contributed by atoms with Crippen LogP contribution in [0.5, 0.6) is 11.5 Å². The molecule has 0 atom stereocenters. The first-order chi connectivity index (χ1) is 9.10. The molecule has 2 aromatic rings. The van der Waals surface area contributed by atoms with Gasteiger partial charge in [0, 0.05) is 15.6 Å². The van der Waals surface area contributed by atoms with Crippen LogP contribution in [-0.4, -0.2) is 11.0 Å². The molecule has 4 nitrogen and oxygen atoms in total. The van der Waals surface area contributed by atoms with E-state index < -0.39 is 0 Å². The van der Waals surface area contributed by atoms with E-state index in [0.717, 1.165) is 4.47 Å². The lowest BCUT2D eigenvalue weighted by atomic mass is 10.2. The molecule has 0 amide bonds. The molecule has 98 valence electrons. The SMILES string of the molecule is NC(=NO)c1ccc(Cl)cc1Oc1cccc(Br)c1. The molecule has 19 heavy (non-hydrogen) atoms. The number of nitrogens with two attached hydrogens (primary N) is 1. The Kier molecular flexibility index (Phi) is 4.29. The van der Waals surface area contributed by atoms with Crippen molar-refractivity contribution in [2.45, 2.75) is 0 Å². The summed E-state index contributed by atoms with van der Waals surface area (Å²) in [6.45, 7) is 0. The van der Waals surface area contributed by atoms with Gasteiger partial charge in [0.25, 0.3) is 0 Å². The Labute approximate surface area is 123 Å². The van der Waals surface area contributed by atoms with Gasteiger partial charge in [0.2, 0.25) is 0 Å². The van der Waals surface area contributed by atoms with Crippen LogP contribution in [0.15, 0.2) is 52.1 Å². The van der Waals surface area contributed by atoms with Crippen LogP contribution in [0.3, 0.4) is 0 Å². The molecule has 0 spiro atoms. The molecule has 0 radical (unpaired) electrons. The lowest BCUT2D eigenvalue weighted by Gasteiger charge is -2.11. The maximum atomic E-state index is 8.76. The maximum absolute atomic E-state index is 8.76. The van der Waals surface area contributed by atoms with Gasteiger partial charge in [0.05, 0.1) is 5.56 Å². The van der Waals surface area contributed by atoms with E-state index in [4.69, 9.17) is 27.3 Å². The van der Waals surface area contributed by atoms with Gasteiger partial charge in [-0.2, -0.15) is 0 Å². The average molecular weight is 342 g/mol. The van der Waals surface area contributed by atoms with Crippen LogP contribution in [0.4, 0.5) is 0 Å². The summed E-state index contributed by atoms with van der Waals surface area (Å²) in [5, 5.41) is 12.2. The van der Waals surface area contributed by atoms with E-state index in [9.17, 15) is 0 Å². The molecule has 0 heterocycles. The number of hydrogen-bond acceptors (Lipinski definition) is 3. The molecule has 0 aliphatic rings. The van der Waals surface area contributed by atoms with Crippen LogP contribution in [0.1, 0.15) is 5.56 Å². The summed E-state index contributed by atoms with van der Waals surface area (Å²) in [7, 11) is 0. The summed E-state index contributed by atoms with van der Waals surface area (Å²) in [4.78, 5) is 0. The Bertz CT molecular complexity index is 632. The summed E-state index contributed by atoms with van der Waals surface area (Å²) < 4.78 is 6.59. The van der Waals surface area contributed by atoms with Gasteiger partial charge in [0.15, 0.2) is 5.84 Å². The Morgan fingerprint density at radius 2 is 2.05 bits per heavy atom. The highest BCUT2D eigenvalue weighted by molar-refractivity contribution is 9.10. The third kappa shape index (κ3) is 3.39. The fourth-order valence-electron chi connectivity index (χ4n) is 1.50. The van der Waals surface area contributed by atoms with Crippen molar-refractivity contribution in [3.63, 3.8) is 0 Å². The molecule has 3 N–H and O–H groups in total. The zero-order chi connectivity index (χ0) is 13.8. The molecule has 0 saturated carbocycles. The summed E-state index contributed by atoms with van der Waals surface area (Å²) in [6.07, 6.45) is 0. The molecule has 0 saturated heterocycles. The van der Waals surface area contributed by atoms with Crippen molar-refractivity contribution in [3.8, 4) is 11.5 Å². The minimum Gasteiger partial charge on any atom is -0.457 e. The van der Waals surface area contributed by atoms with Gasteiger partial charge in [-0.25, -0.2) is 0 Å². The second kappa shape index (κ2) is 5.95. The summed E-state index contributed by atoms with van der Waals surface area (Å²) >= 11 is 9.29. The van der Waals surface area contributed by atoms with Gasteiger partial charge in [-0.3, -0.25) is 0 Å². The van der Waals surface area contributed by atoms with Gasteiger partial charge in [-0.1, -0.05) is 38.8 Å². The molecular weight excluding hydrogens is 332 g/mol. The molecule has 0 fully saturated rings. The molecule has 6 heteroatoms. The highest BCUT2D eigenvalue weighted by atomic mass is 79.9. The van der Waals surface area contributed by atoms with E-state index in [1.165, 1.54) is 0 Å². The zero-order valence-electron chi connectivity index (χ0n) is 9.68. The van der Waals surface area contributed by atoms with E-state index in [1.54, 1.807) is 30.3 Å². The minimum absolute atomic E-state index is 0.0401. The van der Waals surface area contributed by atoms with Crippen molar-refractivity contribution in [1.29, 1.82) is 0 Å². The molecule has 0 aliphatic heterocycles. The summed E-state index contributed by atoms with van der Waals surface area (Å²) in [5.41, 5.74) is 6.06. The molecule has 2 rings (SSSR count). The first kappa shape index (κ1) is 13.7. The van der Waals surface area contributed by atoms with Crippen molar-refractivity contribution in [3.05, 3.63) is 57.5 Å². The molecule has 0 unspecified atom stereocenters. The lowest BCUT2D eigenvalue weighted by Crippen LogP contribution is -2.14. The van der Waals surface area contributed by atoms with Crippen LogP contribution in [0.2, 0.25) is 5.02 Å². The van der Waals surface area contributed by atoms with Gasteiger partial charge in [-0.15, -0.1) is 0 Å². The van der Waals surface area contributed by atoms with Crippen molar-refractivity contribution in [1.82, 2.24) is 0 Å². The highest BCUT2D eigenvalue weighted by Crippen LogP contribution is 2.29. The Morgan fingerprint density at radius 3 is 2.74 bits per heavy atom. The first-order valence-electron chi connectivity index (χ1n) is 5.31. The molecule has 0 aromatic heterocycles. The van der Waals surface area contributed by atoms with E-state index in [-0.39, 0.29) is 5.84 Å². The summed E-state index contributed by atoms with van der Waals surface area (Å²) in [5.74, 6) is 0.992. The van der Waals surface area contributed by atoms with Crippen molar-refractivity contribution < 1.29 is 9.94 Å². The average Bonchev–Trinajstić information content (AvgIpc) is 2.38. The number of nitrogens with zero attached hydrogens (tertiary/aromatic N) is 1. The number of oxime groups is 1. The van der Waals surface area contributed by atoms with Crippen LogP contribution in [-0.2, 0) is 0 Å². The number of halogens is 2. The number of ether oxygens (including phenoxy) is 1. The monoisotopic (exact) mass is 340 g/mol. The van der Waals surface area contributed by atoms with Gasteiger partial charge >= 0.3 is 0 Å². The topological polar surface area (TPSA) is 67.8 Å². The lowest BCUT2D eigenvalue weighted by molar-refractivity contribution is 0.318. The molecule has 0 bridgehead atoms. The standard InChI is InChI=1S/C13H10BrClN2O2/c14-8-2-1-3-10(6-8)19-12-7-9(15)4-5-11(12)13(16)17-18/h1-7,18H,(H2,16,17). The fourth-order valence-corrected chi connectivity index (χ4v) is 2.04. The molecule has 2 aromatic carbocycles. The van der Waals surface area contributed by atoms with E-state index >= 15 is 0 Å². The van der Waals surface area contributed by atoms with Crippen molar-refractivity contribution in [2.24, 2.45) is 10.9 Å². The van der Waals surface area contributed by atoms with Crippen molar-refractivity contribution >= 4 is 33.4 Å². The first-order valence-corrected chi connectivity index (χ1v) is 6.48. The van der Waals surface area contributed by atoms with Gasteiger partial charge < -0.3 is 15.7 Å². The quantitative estimate of drug-likeness (QED) is 0.384. The van der Waals surface area contributed by atoms with E-state index in [2.05, 4.69) is 21.1 Å². The smallest absolute Gasteiger partial charge is 0.173 e. The molecular formula is C13H10BrClN2O2. The maximum Gasteiger partial charge on any atom is 0.173 e. The highest BCUT2D eigenvalue weighted by Gasteiger charge is 2.10. The summed E-state index contributed by atoms with van der Waals surface area (Å²) in [6, 6.07) is 12.2. The Balaban J connectivity index is 2.41. The minimum atomic E-state index is -0.0401. The van der Waals surface area contributed by atoms with Gasteiger partial charge in [0.1, 0.15) is 11.5 Å². The third-order valence-electron chi connectivity index (χ3n) is 2.35. The normalized spacial score (nSPS) is 11.4. The third-order valence-corrected chi connectivity index (χ3v) is 3.08. The van der Waals surface area contributed by atoms with Crippen LogP contribution >= 0.6 is 27.5 Å². The zero-order valence-corrected chi connectivity index (χ0v) is 12.0. The van der Waals surface area contributed by atoms with Gasteiger partial charge in [-0.05, 0) is 30.3 Å².